The third-order valence-electron chi connectivity index (χ3n) is 4.34. The summed E-state index contributed by atoms with van der Waals surface area (Å²) in [6.07, 6.45) is 4.80. The fourth-order valence-corrected chi connectivity index (χ4v) is 3.07. The van der Waals surface area contributed by atoms with Gasteiger partial charge in [0.1, 0.15) is 11.4 Å². The summed E-state index contributed by atoms with van der Waals surface area (Å²) in [5, 5.41) is 9.16. The topological polar surface area (TPSA) is 84.2 Å². The van der Waals surface area contributed by atoms with Crippen LogP contribution in [0.2, 0.25) is 0 Å². The lowest BCUT2D eigenvalue weighted by atomic mass is 9.90. The number of benzene rings is 1. The van der Waals surface area contributed by atoms with Crippen LogP contribution in [0.5, 0.6) is 0 Å². The number of aromatic nitrogens is 1. The molecule has 1 heterocycles. The van der Waals surface area contributed by atoms with E-state index in [1.165, 1.54) is 5.56 Å². The molecule has 126 valence electrons. The van der Waals surface area contributed by atoms with E-state index in [1.807, 2.05) is 19.1 Å². The van der Waals surface area contributed by atoms with Gasteiger partial charge in [-0.1, -0.05) is 24.2 Å². The Kier molecular flexibility index (Phi) is 4.64. The number of fused-ring (bicyclic) bond motifs is 1. The van der Waals surface area contributed by atoms with Gasteiger partial charge in [-0.25, -0.2) is 0 Å². The van der Waals surface area contributed by atoms with Crippen LogP contribution in [0.3, 0.4) is 0 Å². The predicted molar refractivity (Wildman–Crippen MR) is 91.0 cm³/mol. The Morgan fingerprint density at radius 3 is 2.71 bits per heavy atom. The van der Waals surface area contributed by atoms with E-state index in [1.54, 1.807) is 6.92 Å². The highest BCUT2D eigenvalue weighted by Gasteiger charge is 2.21. The third kappa shape index (κ3) is 3.18. The van der Waals surface area contributed by atoms with Gasteiger partial charge in [-0.05, 0) is 49.8 Å². The van der Waals surface area contributed by atoms with Crippen molar-refractivity contribution in [1.29, 1.82) is 0 Å². The van der Waals surface area contributed by atoms with E-state index < -0.39 is 11.8 Å². The van der Waals surface area contributed by atoms with Crippen molar-refractivity contribution in [1.82, 2.24) is 5.16 Å². The molecule has 0 bridgehead atoms. The summed E-state index contributed by atoms with van der Waals surface area (Å²) in [4.78, 5) is 24.5. The smallest absolute Gasteiger partial charge is 0.314 e. The quantitative estimate of drug-likeness (QED) is 0.849. The van der Waals surface area contributed by atoms with Crippen molar-refractivity contribution in [2.75, 3.05) is 10.6 Å². The van der Waals surface area contributed by atoms with Gasteiger partial charge in [-0.3, -0.25) is 9.59 Å². The summed E-state index contributed by atoms with van der Waals surface area (Å²) in [5.74, 6) is -0.841. The Morgan fingerprint density at radius 1 is 1.17 bits per heavy atom. The first-order chi connectivity index (χ1) is 11.6. The second-order valence-corrected chi connectivity index (χ2v) is 5.98. The average Bonchev–Trinajstić information content (AvgIpc) is 2.95. The fraction of sp³-hybridized carbons (Fsp3) is 0.389. The third-order valence-corrected chi connectivity index (χ3v) is 4.34. The summed E-state index contributed by atoms with van der Waals surface area (Å²) in [6.45, 7) is 3.62. The SMILES string of the molecule is CCc1onc(C)c1NC(=O)C(=O)Nc1cccc2c1CCCC2. The van der Waals surface area contributed by atoms with Gasteiger partial charge in [0.25, 0.3) is 0 Å². The molecule has 1 aliphatic carbocycles. The van der Waals surface area contributed by atoms with Crippen molar-refractivity contribution in [2.24, 2.45) is 0 Å². The van der Waals surface area contributed by atoms with Crippen LogP contribution >= 0.6 is 0 Å². The second-order valence-electron chi connectivity index (χ2n) is 5.98. The number of aryl methyl sites for hydroxylation is 3. The second kappa shape index (κ2) is 6.86. The molecule has 2 amide bonds. The Hall–Kier alpha value is -2.63. The van der Waals surface area contributed by atoms with Crippen molar-refractivity contribution in [3.05, 3.63) is 40.8 Å². The number of carbonyl (C=O) groups excluding carboxylic acids is 2. The van der Waals surface area contributed by atoms with Crippen molar-refractivity contribution < 1.29 is 14.1 Å². The molecule has 0 spiro atoms. The van der Waals surface area contributed by atoms with Gasteiger partial charge < -0.3 is 15.2 Å². The molecule has 1 aromatic carbocycles. The summed E-state index contributed by atoms with van der Waals surface area (Å²) >= 11 is 0. The van der Waals surface area contributed by atoms with Gasteiger partial charge in [0.15, 0.2) is 5.76 Å². The molecule has 0 saturated carbocycles. The normalized spacial score (nSPS) is 13.2. The molecule has 1 aliphatic rings. The maximum absolute atomic E-state index is 12.3. The van der Waals surface area contributed by atoms with Gasteiger partial charge in [-0.2, -0.15) is 0 Å². The van der Waals surface area contributed by atoms with Gasteiger partial charge in [-0.15, -0.1) is 0 Å². The Balaban J connectivity index is 1.73. The molecule has 1 aromatic heterocycles. The number of hydrogen-bond acceptors (Lipinski definition) is 4. The highest BCUT2D eigenvalue weighted by molar-refractivity contribution is 6.43. The Labute approximate surface area is 140 Å². The van der Waals surface area contributed by atoms with Crippen LogP contribution < -0.4 is 10.6 Å². The van der Waals surface area contributed by atoms with Crippen LogP contribution in [0.4, 0.5) is 11.4 Å². The summed E-state index contributed by atoms with van der Waals surface area (Å²) in [7, 11) is 0. The van der Waals surface area contributed by atoms with Crippen LogP contribution in [0.15, 0.2) is 22.7 Å². The molecule has 0 aliphatic heterocycles. The number of nitrogens with one attached hydrogen (secondary N) is 2. The van der Waals surface area contributed by atoms with E-state index in [9.17, 15) is 9.59 Å². The maximum atomic E-state index is 12.3. The Bertz CT molecular complexity index is 780. The number of nitrogens with zero attached hydrogens (tertiary/aromatic N) is 1. The first-order valence-corrected chi connectivity index (χ1v) is 8.28. The zero-order chi connectivity index (χ0) is 17.1. The molecular formula is C18H21N3O3. The van der Waals surface area contributed by atoms with Crippen molar-refractivity contribution in [2.45, 2.75) is 46.0 Å². The number of carbonyl (C=O) groups is 2. The van der Waals surface area contributed by atoms with E-state index >= 15 is 0 Å². The zero-order valence-electron chi connectivity index (χ0n) is 13.9. The van der Waals surface area contributed by atoms with E-state index in [4.69, 9.17) is 4.52 Å². The van der Waals surface area contributed by atoms with E-state index in [-0.39, 0.29) is 0 Å². The fourth-order valence-electron chi connectivity index (χ4n) is 3.07. The number of rotatable bonds is 3. The minimum absolute atomic E-state index is 0.479. The molecule has 24 heavy (non-hydrogen) atoms. The zero-order valence-corrected chi connectivity index (χ0v) is 13.9. The van der Waals surface area contributed by atoms with Crippen LogP contribution in [0.25, 0.3) is 0 Å². The van der Waals surface area contributed by atoms with Crippen molar-refractivity contribution in [3.8, 4) is 0 Å². The molecule has 3 rings (SSSR count). The molecule has 6 heteroatoms. The first kappa shape index (κ1) is 16.2. The highest BCUT2D eigenvalue weighted by Crippen LogP contribution is 2.28. The summed E-state index contributed by atoms with van der Waals surface area (Å²) in [6, 6.07) is 5.84. The monoisotopic (exact) mass is 327 g/mol. The number of hydrogen-bond donors (Lipinski definition) is 2. The average molecular weight is 327 g/mol. The lowest BCUT2D eigenvalue weighted by Gasteiger charge is -2.19. The minimum atomic E-state index is -0.718. The molecule has 0 atom stereocenters. The van der Waals surface area contributed by atoms with Crippen LogP contribution in [0, 0.1) is 6.92 Å². The van der Waals surface area contributed by atoms with Gasteiger partial charge in [0.05, 0.1) is 0 Å². The summed E-state index contributed by atoms with van der Waals surface area (Å²) < 4.78 is 5.12. The minimum Gasteiger partial charge on any atom is -0.359 e. The highest BCUT2D eigenvalue weighted by atomic mass is 16.5. The van der Waals surface area contributed by atoms with Crippen LogP contribution in [0.1, 0.15) is 42.3 Å². The first-order valence-electron chi connectivity index (χ1n) is 8.28. The molecule has 0 fully saturated rings. The Morgan fingerprint density at radius 2 is 1.92 bits per heavy atom. The van der Waals surface area contributed by atoms with Crippen molar-refractivity contribution >= 4 is 23.2 Å². The summed E-state index contributed by atoms with van der Waals surface area (Å²) in [5.41, 5.74) is 4.16. The standard InChI is InChI=1S/C18H21N3O3/c1-3-15-16(11(2)21-24-15)20-18(23)17(22)19-14-10-6-8-12-7-4-5-9-13(12)14/h6,8,10H,3-5,7,9H2,1-2H3,(H,19,22)(H,20,23). The lowest BCUT2D eigenvalue weighted by Crippen LogP contribution is -2.30. The van der Waals surface area contributed by atoms with Gasteiger partial charge in [0, 0.05) is 12.1 Å². The molecule has 0 radical (unpaired) electrons. The molecule has 6 nitrogen and oxygen atoms in total. The maximum Gasteiger partial charge on any atom is 0.314 e. The van der Waals surface area contributed by atoms with Crippen LogP contribution in [-0.4, -0.2) is 17.0 Å². The predicted octanol–water partition coefficient (Wildman–Crippen LogP) is 3.00. The molecule has 0 unspecified atom stereocenters. The van der Waals surface area contributed by atoms with Crippen LogP contribution in [-0.2, 0) is 28.9 Å². The number of anilines is 2. The molecular weight excluding hydrogens is 306 g/mol. The number of amides is 2. The molecule has 0 saturated heterocycles. The molecule has 2 N–H and O–H groups in total. The molecule has 2 aromatic rings. The lowest BCUT2D eigenvalue weighted by molar-refractivity contribution is -0.133. The van der Waals surface area contributed by atoms with Crippen molar-refractivity contribution in [3.63, 3.8) is 0 Å². The van der Waals surface area contributed by atoms with E-state index in [0.717, 1.165) is 36.9 Å². The van der Waals surface area contributed by atoms with Gasteiger partial charge >= 0.3 is 11.8 Å². The van der Waals surface area contributed by atoms with Gasteiger partial charge in [0.2, 0.25) is 0 Å². The largest absolute Gasteiger partial charge is 0.359 e. The van der Waals surface area contributed by atoms with E-state index in [2.05, 4.69) is 21.9 Å². The van der Waals surface area contributed by atoms with E-state index in [0.29, 0.717) is 23.6 Å².